The molecule has 208 valence electrons. The molecule has 4 rings (SSSR count). The van der Waals surface area contributed by atoms with Crippen molar-refractivity contribution in [2.24, 2.45) is 0 Å². The topological polar surface area (TPSA) is 45.6 Å². The summed E-state index contributed by atoms with van der Waals surface area (Å²) in [6.45, 7) is 7.16. The van der Waals surface area contributed by atoms with Gasteiger partial charge in [-0.25, -0.2) is 0 Å². The number of rotatable bonds is 14. The maximum atomic E-state index is 14.2. The van der Waals surface area contributed by atoms with Gasteiger partial charge in [0.2, 0.25) is 11.8 Å². The summed E-state index contributed by atoms with van der Waals surface area (Å²) in [4.78, 5) is 31.3. The molecular weight excluding hydrogens is 482 g/mol. The molecule has 0 bridgehead atoms. The fourth-order valence-corrected chi connectivity index (χ4v) is 5.60. The van der Waals surface area contributed by atoms with E-state index in [1.54, 1.807) is 0 Å². The van der Waals surface area contributed by atoms with Gasteiger partial charge in [0, 0.05) is 19.2 Å². The van der Waals surface area contributed by atoms with Crippen LogP contribution in [0.3, 0.4) is 0 Å². The molecule has 39 heavy (non-hydrogen) atoms. The number of fused-ring (bicyclic) bond motifs is 3. The third-order valence-electron chi connectivity index (χ3n) is 7.84. The van der Waals surface area contributed by atoms with Crippen LogP contribution in [0.2, 0.25) is 0 Å². The van der Waals surface area contributed by atoms with Crippen LogP contribution in [0.5, 0.6) is 0 Å². The maximum absolute atomic E-state index is 14.2. The van der Waals surface area contributed by atoms with Crippen molar-refractivity contribution in [3.63, 3.8) is 0 Å². The van der Waals surface area contributed by atoms with E-state index in [1.807, 2.05) is 34.1 Å². The van der Waals surface area contributed by atoms with E-state index in [0.29, 0.717) is 13.0 Å². The Bertz CT molecular complexity index is 1210. The van der Waals surface area contributed by atoms with E-state index in [4.69, 9.17) is 0 Å². The maximum Gasteiger partial charge on any atom is 0.247 e. The lowest BCUT2D eigenvalue weighted by Crippen LogP contribution is -2.47. The summed E-state index contributed by atoms with van der Waals surface area (Å²) < 4.78 is 2.18. The Kier molecular flexibility index (Phi) is 10.4. The van der Waals surface area contributed by atoms with E-state index in [-0.39, 0.29) is 24.4 Å². The number of aromatic nitrogens is 1. The van der Waals surface area contributed by atoms with Crippen LogP contribution < -0.4 is 4.90 Å². The number of unbranched alkanes of at least 4 members (excludes halogenated alkanes) is 7. The first kappa shape index (κ1) is 28.7. The molecule has 0 radical (unpaired) electrons. The van der Waals surface area contributed by atoms with Crippen molar-refractivity contribution in [1.29, 1.82) is 0 Å². The van der Waals surface area contributed by atoms with Crippen LogP contribution in [0.4, 0.5) is 5.69 Å². The standard InChI is InChI=1S/C34H45N3O2/c1-4-6-8-9-10-11-12-19-32(38)35(24-7-5-2)26-33(39)37-30-17-14-13-16-29(30)36-25-15-18-31(36)34(37)28-22-20-27(3)21-23-28/h13-18,20-23,25,34H,4-12,19,24,26H2,1-3H3/t34-/m0/s1. The Morgan fingerprint density at radius 2 is 1.44 bits per heavy atom. The van der Waals surface area contributed by atoms with Crippen LogP contribution in [-0.2, 0) is 9.59 Å². The summed E-state index contributed by atoms with van der Waals surface area (Å²) in [6, 6.07) is 20.4. The quantitative estimate of drug-likeness (QED) is 0.199. The molecule has 0 unspecified atom stereocenters. The fourth-order valence-electron chi connectivity index (χ4n) is 5.60. The number of para-hydroxylation sites is 2. The highest BCUT2D eigenvalue weighted by atomic mass is 16.2. The zero-order valence-electron chi connectivity index (χ0n) is 24.1. The van der Waals surface area contributed by atoms with Crippen molar-refractivity contribution in [1.82, 2.24) is 9.47 Å². The summed E-state index contributed by atoms with van der Waals surface area (Å²) in [5.74, 6) is 0.0652. The van der Waals surface area contributed by atoms with Crippen LogP contribution >= 0.6 is 0 Å². The average molecular weight is 528 g/mol. The van der Waals surface area contributed by atoms with Crippen molar-refractivity contribution in [2.75, 3.05) is 18.0 Å². The third-order valence-corrected chi connectivity index (χ3v) is 7.84. The molecule has 3 aromatic rings. The fraction of sp³-hybridized carbons (Fsp3) is 0.471. The summed E-state index contributed by atoms with van der Waals surface area (Å²) in [5, 5.41) is 0. The zero-order chi connectivity index (χ0) is 27.6. The van der Waals surface area contributed by atoms with Gasteiger partial charge in [-0.2, -0.15) is 0 Å². The third kappa shape index (κ3) is 7.00. The second-order valence-corrected chi connectivity index (χ2v) is 10.9. The molecule has 0 saturated heterocycles. The molecular formula is C34H45N3O2. The number of carbonyl (C=O) groups excluding carboxylic acids is 2. The molecule has 0 N–H and O–H groups in total. The van der Waals surface area contributed by atoms with Crippen molar-refractivity contribution < 1.29 is 9.59 Å². The Morgan fingerprint density at radius 3 is 2.15 bits per heavy atom. The lowest BCUT2D eigenvalue weighted by atomic mass is 9.97. The number of carbonyl (C=O) groups is 2. The van der Waals surface area contributed by atoms with Gasteiger partial charge in [0.25, 0.3) is 0 Å². The number of anilines is 1. The molecule has 0 spiro atoms. The monoisotopic (exact) mass is 527 g/mol. The first-order chi connectivity index (χ1) is 19.0. The minimum absolute atomic E-state index is 0.0375. The smallest absolute Gasteiger partial charge is 0.247 e. The van der Waals surface area contributed by atoms with Gasteiger partial charge in [0.15, 0.2) is 0 Å². The molecule has 1 aliphatic heterocycles. The van der Waals surface area contributed by atoms with Gasteiger partial charge >= 0.3 is 0 Å². The molecule has 5 heteroatoms. The summed E-state index contributed by atoms with van der Waals surface area (Å²) in [5.41, 5.74) is 5.18. The van der Waals surface area contributed by atoms with Gasteiger partial charge < -0.3 is 9.47 Å². The molecule has 0 aliphatic carbocycles. The number of amides is 2. The Balaban J connectivity index is 1.55. The van der Waals surface area contributed by atoms with Gasteiger partial charge in [-0.15, -0.1) is 0 Å². The summed E-state index contributed by atoms with van der Waals surface area (Å²) >= 11 is 0. The van der Waals surface area contributed by atoms with Crippen molar-refractivity contribution >= 4 is 17.5 Å². The van der Waals surface area contributed by atoms with Crippen molar-refractivity contribution in [3.8, 4) is 5.69 Å². The van der Waals surface area contributed by atoms with Crippen LogP contribution in [0.25, 0.3) is 5.69 Å². The second-order valence-electron chi connectivity index (χ2n) is 10.9. The molecule has 5 nitrogen and oxygen atoms in total. The van der Waals surface area contributed by atoms with Gasteiger partial charge in [0.1, 0.15) is 12.6 Å². The number of aryl methyl sites for hydroxylation is 1. The summed E-state index contributed by atoms with van der Waals surface area (Å²) in [6.07, 6.45) is 12.7. The SMILES string of the molecule is CCCCCCCCCC(=O)N(CCCC)CC(=O)N1c2ccccc2-n2cccc2[C@@H]1c1ccc(C)cc1. The highest BCUT2D eigenvalue weighted by Gasteiger charge is 2.36. The molecule has 1 atom stereocenters. The normalized spacial score (nSPS) is 14.1. The van der Waals surface area contributed by atoms with Crippen LogP contribution in [0.1, 0.15) is 101 Å². The van der Waals surface area contributed by atoms with E-state index in [1.165, 1.54) is 37.7 Å². The second kappa shape index (κ2) is 14.2. The molecule has 1 aliphatic rings. The predicted molar refractivity (Wildman–Crippen MR) is 160 cm³/mol. The lowest BCUT2D eigenvalue weighted by Gasteiger charge is -2.39. The highest BCUT2D eigenvalue weighted by Crippen LogP contribution is 2.42. The summed E-state index contributed by atoms with van der Waals surface area (Å²) in [7, 11) is 0. The van der Waals surface area contributed by atoms with Crippen LogP contribution in [0, 0.1) is 6.92 Å². The van der Waals surface area contributed by atoms with Crippen LogP contribution in [-0.4, -0.2) is 34.4 Å². The van der Waals surface area contributed by atoms with E-state index < -0.39 is 0 Å². The van der Waals surface area contributed by atoms with E-state index >= 15 is 0 Å². The van der Waals surface area contributed by atoms with E-state index in [0.717, 1.165) is 48.3 Å². The van der Waals surface area contributed by atoms with Gasteiger partial charge in [-0.3, -0.25) is 14.5 Å². The zero-order valence-corrected chi connectivity index (χ0v) is 24.1. The number of hydrogen-bond acceptors (Lipinski definition) is 2. The number of hydrogen-bond donors (Lipinski definition) is 0. The molecule has 2 amide bonds. The molecule has 0 saturated carbocycles. The Labute approximate surface area is 234 Å². The first-order valence-electron chi connectivity index (χ1n) is 15.0. The number of benzene rings is 2. The molecule has 2 aromatic carbocycles. The first-order valence-corrected chi connectivity index (χ1v) is 15.0. The molecule has 1 aromatic heterocycles. The minimum atomic E-state index is -0.255. The van der Waals surface area contributed by atoms with E-state index in [9.17, 15) is 9.59 Å². The van der Waals surface area contributed by atoms with E-state index in [2.05, 4.69) is 67.9 Å². The Hall–Kier alpha value is -3.34. The highest BCUT2D eigenvalue weighted by molar-refractivity contribution is 6.00. The lowest BCUT2D eigenvalue weighted by molar-refractivity contribution is -0.135. The van der Waals surface area contributed by atoms with Gasteiger partial charge in [-0.05, 0) is 49.6 Å². The largest absolute Gasteiger partial charge is 0.333 e. The molecule has 2 heterocycles. The van der Waals surface area contributed by atoms with Gasteiger partial charge in [0.05, 0.1) is 17.1 Å². The average Bonchev–Trinajstić information content (AvgIpc) is 3.44. The van der Waals surface area contributed by atoms with Gasteiger partial charge in [-0.1, -0.05) is 101 Å². The number of nitrogens with zero attached hydrogens (tertiary/aromatic N) is 3. The predicted octanol–water partition coefficient (Wildman–Crippen LogP) is 7.99. The molecule has 0 fully saturated rings. The minimum Gasteiger partial charge on any atom is -0.333 e. The van der Waals surface area contributed by atoms with Crippen molar-refractivity contribution in [2.45, 2.75) is 91.0 Å². The van der Waals surface area contributed by atoms with Crippen LogP contribution in [0.15, 0.2) is 66.9 Å². The van der Waals surface area contributed by atoms with Crippen molar-refractivity contribution in [3.05, 3.63) is 83.7 Å². The Morgan fingerprint density at radius 1 is 0.769 bits per heavy atom.